The largest absolute Gasteiger partial charge is 0.497 e. The highest BCUT2D eigenvalue weighted by atomic mass is 35.5. The highest BCUT2D eigenvalue weighted by Gasteiger charge is 2.44. The summed E-state index contributed by atoms with van der Waals surface area (Å²) >= 11 is 6.11. The van der Waals surface area contributed by atoms with Crippen LogP contribution in [0, 0.1) is 6.92 Å². The van der Waals surface area contributed by atoms with E-state index < -0.39 is 5.60 Å². The number of benzene rings is 2. The molecule has 1 amide bonds. The number of aryl methyl sites for hydroxylation is 1. The van der Waals surface area contributed by atoms with E-state index in [0.29, 0.717) is 65.8 Å². The number of rotatable bonds is 3. The summed E-state index contributed by atoms with van der Waals surface area (Å²) in [5.41, 5.74) is 1.34. The molecule has 6 nitrogen and oxygen atoms in total. The average molecular weight is 430 g/mol. The zero-order valence-corrected chi connectivity index (χ0v) is 18.0. The van der Waals surface area contributed by atoms with Gasteiger partial charge in [-0.2, -0.15) is 0 Å². The number of hydrogen-bond acceptors (Lipinski definition) is 5. The smallest absolute Gasteiger partial charge is 0.254 e. The molecular weight excluding hydrogens is 406 g/mol. The molecular formula is C23H24ClNO5. The molecule has 0 aliphatic carbocycles. The Kier molecular flexibility index (Phi) is 5.36. The van der Waals surface area contributed by atoms with Gasteiger partial charge in [-0.15, -0.1) is 0 Å². The summed E-state index contributed by atoms with van der Waals surface area (Å²) in [6.07, 6.45) is 1.48. The van der Waals surface area contributed by atoms with Crippen molar-refractivity contribution in [1.29, 1.82) is 0 Å². The van der Waals surface area contributed by atoms with Crippen LogP contribution in [0.15, 0.2) is 30.3 Å². The Morgan fingerprint density at radius 1 is 1.07 bits per heavy atom. The number of hydrogen-bond donors (Lipinski definition) is 0. The van der Waals surface area contributed by atoms with E-state index in [1.807, 2.05) is 13.0 Å². The van der Waals surface area contributed by atoms with E-state index in [1.165, 1.54) is 0 Å². The fourth-order valence-electron chi connectivity index (χ4n) is 4.22. The maximum atomic E-state index is 13.1. The van der Waals surface area contributed by atoms with Crippen LogP contribution in [0.25, 0.3) is 0 Å². The van der Waals surface area contributed by atoms with Crippen molar-refractivity contribution in [3.63, 3.8) is 0 Å². The first-order valence-corrected chi connectivity index (χ1v) is 10.3. The number of ether oxygens (including phenoxy) is 3. The summed E-state index contributed by atoms with van der Waals surface area (Å²) in [7, 11) is 3.11. The van der Waals surface area contributed by atoms with Crippen molar-refractivity contribution in [2.75, 3.05) is 27.3 Å². The van der Waals surface area contributed by atoms with Gasteiger partial charge in [0.15, 0.2) is 5.78 Å². The van der Waals surface area contributed by atoms with Gasteiger partial charge in [-0.25, -0.2) is 0 Å². The highest BCUT2D eigenvalue weighted by molar-refractivity contribution is 6.31. The Morgan fingerprint density at radius 2 is 1.70 bits per heavy atom. The lowest BCUT2D eigenvalue weighted by atomic mass is 9.82. The van der Waals surface area contributed by atoms with Crippen LogP contribution in [0.1, 0.15) is 45.5 Å². The van der Waals surface area contributed by atoms with Gasteiger partial charge in [-0.05, 0) is 36.8 Å². The number of methoxy groups -OCH3 is 2. The first-order valence-electron chi connectivity index (χ1n) is 9.89. The first kappa shape index (κ1) is 20.5. The highest BCUT2D eigenvalue weighted by Crippen LogP contribution is 2.42. The van der Waals surface area contributed by atoms with E-state index in [1.54, 1.807) is 43.4 Å². The number of Topliss-reactive ketones (excluding diaryl/α,β-unsaturated/α-hetero) is 1. The Labute approximate surface area is 180 Å². The van der Waals surface area contributed by atoms with Crippen molar-refractivity contribution in [3.8, 4) is 17.2 Å². The van der Waals surface area contributed by atoms with Gasteiger partial charge in [0.1, 0.15) is 22.8 Å². The van der Waals surface area contributed by atoms with Crippen molar-refractivity contribution in [2.45, 2.75) is 31.8 Å². The van der Waals surface area contributed by atoms with Crippen LogP contribution >= 0.6 is 11.6 Å². The maximum Gasteiger partial charge on any atom is 0.254 e. The second-order valence-corrected chi connectivity index (χ2v) is 8.31. The lowest BCUT2D eigenvalue weighted by molar-refractivity contribution is -0.00618. The van der Waals surface area contributed by atoms with Crippen molar-refractivity contribution in [2.24, 2.45) is 0 Å². The van der Waals surface area contributed by atoms with E-state index in [0.717, 1.165) is 5.56 Å². The maximum absolute atomic E-state index is 13.1. The minimum absolute atomic E-state index is 0.0409. The number of nitrogens with zero attached hydrogens (tertiary/aromatic N) is 1. The number of fused-ring (bicyclic) bond motifs is 1. The lowest BCUT2D eigenvalue weighted by Crippen LogP contribution is -2.52. The Morgan fingerprint density at radius 3 is 2.30 bits per heavy atom. The molecule has 2 heterocycles. The molecule has 0 atom stereocenters. The number of halogens is 1. The molecule has 4 rings (SSSR count). The molecule has 1 saturated heterocycles. The molecule has 0 bridgehead atoms. The fraction of sp³-hybridized carbons (Fsp3) is 0.391. The molecule has 0 radical (unpaired) electrons. The zero-order valence-electron chi connectivity index (χ0n) is 17.3. The molecule has 0 unspecified atom stereocenters. The quantitative estimate of drug-likeness (QED) is 0.727. The van der Waals surface area contributed by atoms with Gasteiger partial charge in [-0.1, -0.05) is 11.6 Å². The number of piperidine rings is 1. The predicted octanol–water partition coefficient (Wildman–Crippen LogP) is 4.31. The van der Waals surface area contributed by atoms with Gasteiger partial charge in [0.25, 0.3) is 5.91 Å². The Balaban J connectivity index is 1.51. The van der Waals surface area contributed by atoms with E-state index in [4.69, 9.17) is 25.8 Å². The predicted molar refractivity (Wildman–Crippen MR) is 113 cm³/mol. The SMILES string of the molecule is COc1cc(OC)cc(C(=O)N2CCC3(CC2)CC(=O)c2cc(Cl)cc(C)c2O3)c1. The fourth-order valence-corrected chi connectivity index (χ4v) is 4.50. The molecule has 0 N–H and O–H groups in total. The summed E-state index contributed by atoms with van der Waals surface area (Å²) in [4.78, 5) is 27.6. The van der Waals surface area contributed by atoms with Crippen LogP contribution in [0.5, 0.6) is 17.2 Å². The Hall–Kier alpha value is -2.73. The standard InChI is InChI=1S/C23H24ClNO5/c1-14-8-16(24)11-19-20(26)13-23(30-21(14)19)4-6-25(7-5-23)22(27)15-9-17(28-2)12-18(10-15)29-3/h8-12H,4-7,13H2,1-3H3. The molecule has 2 aromatic rings. The third kappa shape index (κ3) is 3.72. The van der Waals surface area contributed by atoms with Crippen LogP contribution < -0.4 is 14.2 Å². The minimum atomic E-state index is -0.578. The van der Waals surface area contributed by atoms with Crippen LogP contribution in [0.3, 0.4) is 0 Å². The number of likely N-dealkylation sites (tertiary alicyclic amines) is 1. The summed E-state index contributed by atoms with van der Waals surface area (Å²) in [5.74, 6) is 1.70. The Bertz CT molecular complexity index is 989. The molecule has 158 valence electrons. The minimum Gasteiger partial charge on any atom is -0.497 e. The van der Waals surface area contributed by atoms with E-state index in [9.17, 15) is 9.59 Å². The third-order valence-corrected chi connectivity index (χ3v) is 6.12. The molecule has 2 aliphatic rings. The van der Waals surface area contributed by atoms with Crippen LogP contribution in [0.2, 0.25) is 5.02 Å². The van der Waals surface area contributed by atoms with E-state index >= 15 is 0 Å². The molecule has 0 saturated carbocycles. The second kappa shape index (κ2) is 7.84. The summed E-state index contributed by atoms with van der Waals surface area (Å²) in [6, 6.07) is 8.63. The van der Waals surface area contributed by atoms with Gasteiger partial charge in [-0.3, -0.25) is 9.59 Å². The van der Waals surface area contributed by atoms with Crippen LogP contribution in [-0.2, 0) is 0 Å². The topological polar surface area (TPSA) is 65.1 Å². The van der Waals surface area contributed by atoms with Gasteiger partial charge in [0.05, 0.1) is 26.2 Å². The van der Waals surface area contributed by atoms with Crippen molar-refractivity contribution < 1.29 is 23.8 Å². The normalized spacial score (nSPS) is 17.3. The zero-order chi connectivity index (χ0) is 21.5. The number of carbonyl (C=O) groups excluding carboxylic acids is 2. The van der Waals surface area contributed by atoms with Gasteiger partial charge in [0.2, 0.25) is 0 Å². The van der Waals surface area contributed by atoms with Crippen LogP contribution in [0.4, 0.5) is 0 Å². The van der Waals surface area contributed by atoms with Crippen molar-refractivity contribution in [1.82, 2.24) is 4.90 Å². The number of carbonyl (C=O) groups is 2. The molecule has 30 heavy (non-hydrogen) atoms. The molecule has 1 fully saturated rings. The molecule has 0 aromatic heterocycles. The van der Waals surface area contributed by atoms with E-state index in [2.05, 4.69) is 0 Å². The van der Waals surface area contributed by atoms with Crippen molar-refractivity contribution >= 4 is 23.3 Å². The molecule has 7 heteroatoms. The monoisotopic (exact) mass is 429 g/mol. The van der Waals surface area contributed by atoms with E-state index in [-0.39, 0.29) is 11.7 Å². The number of amides is 1. The van der Waals surface area contributed by atoms with Crippen LogP contribution in [-0.4, -0.2) is 49.5 Å². The molecule has 2 aliphatic heterocycles. The lowest BCUT2D eigenvalue weighted by Gasteiger charge is -2.44. The molecule has 2 aromatic carbocycles. The van der Waals surface area contributed by atoms with Gasteiger partial charge in [0, 0.05) is 42.6 Å². The average Bonchev–Trinajstić information content (AvgIpc) is 2.74. The summed E-state index contributed by atoms with van der Waals surface area (Å²) in [6.45, 7) is 2.91. The van der Waals surface area contributed by atoms with Gasteiger partial charge < -0.3 is 19.1 Å². The second-order valence-electron chi connectivity index (χ2n) is 7.88. The van der Waals surface area contributed by atoms with Gasteiger partial charge >= 0.3 is 0 Å². The number of ketones is 1. The first-order chi connectivity index (χ1) is 14.3. The summed E-state index contributed by atoms with van der Waals surface area (Å²) in [5, 5.41) is 0.535. The van der Waals surface area contributed by atoms with Crippen molar-refractivity contribution in [3.05, 3.63) is 52.0 Å². The summed E-state index contributed by atoms with van der Waals surface area (Å²) < 4.78 is 16.9. The molecule has 1 spiro atoms. The third-order valence-electron chi connectivity index (χ3n) is 5.90.